The molecule has 0 aliphatic carbocycles. The van der Waals surface area contributed by atoms with Crippen molar-refractivity contribution >= 4 is 6.09 Å². The Bertz CT molecular complexity index is 196. The lowest BCUT2D eigenvalue weighted by Gasteiger charge is -2.28. The molecule has 1 amide bonds. The quantitative estimate of drug-likeness (QED) is 0.594. The van der Waals surface area contributed by atoms with Crippen LogP contribution in [0.5, 0.6) is 0 Å². The van der Waals surface area contributed by atoms with Crippen LogP contribution in [0.25, 0.3) is 0 Å². The van der Waals surface area contributed by atoms with Crippen molar-refractivity contribution in [2.45, 2.75) is 37.8 Å². The number of carbonyl (C=O) groups is 1. The van der Waals surface area contributed by atoms with Gasteiger partial charge in [-0.15, -0.1) is 0 Å². The Balaban J connectivity index is 1.78. The average Bonchev–Trinajstić information content (AvgIpc) is 2.42. The molecule has 0 radical (unpaired) electrons. The van der Waals surface area contributed by atoms with E-state index in [4.69, 9.17) is 5.11 Å². The van der Waals surface area contributed by atoms with Gasteiger partial charge in [-0.3, -0.25) is 0 Å². The van der Waals surface area contributed by atoms with Crippen molar-refractivity contribution in [3.05, 3.63) is 0 Å². The summed E-state index contributed by atoms with van der Waals surface area (Å²) < 4.78 is 0. The first-order valence-electron chi connectivity index (χ1n) is 4.97. The largest absolute Gasteiger partial charge is 0.465 e. The highest BCUT2D eigenvalue weighted by Crippen LogP contribution is 2.30. The van der Waals surface area contributed by atoms with Gasteiger partial charge < -0.3 is 15.7 Å². The molecule has 2 heterocycles. The monoisotopic (exact) mass is 184 g/mol. The molecule has 2 atom stereocenters. The summed E-state index contributed by atoms with van der Waals surface area (Å²) in [4.78, 5) is 10.3. The third-order valence-corrected chi connectivity index (χ3v) is 3.11. The first-order chi connectivity index (χ1) is 6.24. The molecule has 2 aliphatic rings. The highest BCUT2D eigenvalue weighted by atomic mass is 16.4. The van der Waals surface area contributed by atoms with Gasteiger partial charge in [-0.25, -0.2) is 4.79 Å². The number of rotatable bonds is 2. The van der Waals surface area contributed by atoms with E-state index in [1.165, 1.54) is 12.8 Å². The molecule has 2 bridgehead atoms. The highest BCUT2D eigenvalue weighted by Gasteiger charge is 2.33. The van der Waals surface area contributed by atoms with Crippen molar-refractivity contribution in [3.8, 4) is 0 Å². The first-order valence-corrected chi connectivity index (χ1v) is 4.97. The Labute approximate surface area is 77.7 Å². The first kappa shape index (κ1) is 8.81. The maximum absolute atomic E-state index is 10.3. The molecule has 0 aromatic rings. The molecule has 13 heavy (non-hydrogen) atoms. The maximum Gasteiger partial charge on any atom is 0.404 e. The molecule has 2 rings (SSSR count). The summed E-state index contributed by atoms with van der Waals surface area (Å²) in [5.41, 5.74) is 0. The topological polar surface area (TPSA) is 61.4 Å². The average molecular weight is 184 g/mol. The fourth-order valence-electron chi connectivity index (χ4n) is 2.57. The van der Waals surface area contributed by atoms with Crippen molar-refractivity contribution in [2.75, 3.05) is 6.54 Å². The van der Waals surface area contributed by atoms with Crippen molar-refractivity contribution < 1.29 is 9.90 Å². The lowest BCUT2D eigenvalue weighted by atomic mass is 9.92. The Kier molecular flexibility index (Phi) is 2.40. The number of nitrogens with one attached hydrogen (secondary N) is 2. The third kappa shape index (κ3) is 2.12. The minimum atomic E-state index is -0.897. The van der Waals surface area contributed by atoms with Gasteiger partial charge in [-0.1, -0.05) is 0 Å². The van der Waals surface area contributed by atoms with Crippen molar-refractivity contribution in [1.29, 1.82) is 0 Å². The molecule has 0 saturated carbocycles. The van der Waals surface area contributed by atoms with Gasteiger partial charge in [0.05, 0.1) is 0 Å². The zero-order valence-electron chi connectivity index (χ0n) is 7.62. The second-order valence-electron chi connectivity index (χ2n) is 4.16. The number of fused-ring (bicyclic) bond motifs is 2. The van der Waals surface area contributed by atoms with Gasteiger partial charge >= 0.3 is 6.09 Å². The van der Waals surface area contributed by atoms with Crippen LogP contribution < -0.4 is 10.6 Å². The smallest absolute Gasteiger partial charge is 0.404 e. The summed E-state index contributed by atoms with van der Waals surface area (Å²) in [6.45, 7) is 0.629. The van der Waals surface area contributed by atoms with Gasteiger partial charge in [0.2, 0.25) is 0 Å². The van der Waals surface area contributed by atoms with Crippen LogP contribution in [0.15, 0.2) is 0 Å². The van der Waals surface area contributed by atoms with Crippen LogP contribution in [0, 0.1) is 5.92 Å². The molecule has 4 heteroatoms. The zero-order valence-corrected chi connectivity index (χ0v) is 7.62. The van der Waals surface area contributed by atoms with E-state index in [-0.39, 0.29) is 0 Å². The van der Waals surface area contributed by atoms with Gasteiger partial charge in [-0.05, 0) is 31.6 Å². The standard InChI is InChI=1S/C9H16N2O2/c12-9(13)10-5-6-3-7-1-2-8(4-6)11-7/h6-8,10-11H,1-5H2,(H,12,13). The Morgan fingerprint density at radius 2 is 2.00 bits per heavy atom. The second kappa shape index (κ2) is 3.54. The lowest BCUT2D eigenvalue weighted by Crippen LogP contribution is -2.41. The molecule has 4 nitrogen and oxygen atoms in total. The highest BCUT2D eigenvalue weighted by molar-refractivity contribution is 5.64. The molecule has 2 fully saturated rings. The zero-order chi connectivity index (χ0) is 9.26. The molecule has 0 aromatic heterocycles. The normalized spacial score (nSPS) is 37.4. The minimum Gasteiger partial charge on any atom is -0.465 e. The SMILES string of the molecule is O=C(O)NCC1CC2CCC(C1)N2. The van der Waals surface area contributed by atoms with Crippen LogP contribution in [0.3, 0.4) is 0 Å². The van der Waals surface area contributed by atoms with Crippen LogP contribution in [0.4, 0.5) is 4.79 Å². The van der Waals surface area contributed by atoms with Gasteiger partial charge in [0.25, 0.3) is 0 Å². The fraction of sp³-hybridized carbons (Fsp3) is 0.889. The molecule has 2 unspecified atom stereocenters. The van der Waals surface area contributed by atoms with E-state index < -0.39 is 6.09 Å². The van der Waals surface area contributed by atoms with E-state index in [1.807, 2.05) is 0 Å². The van der Waals surface area contributed by atoms with Crippen LogP contribution in [-0.2, 0) is 0 Å². The Hall–Kier alpha value is -0.770. The number of amides is 1. The predicted molar refractivity (Wildman–Crippen MR) is 48.7 cm³/mol. The van der Waals surface area contributed by atoms with Crippen LogP contribution in [0.2, 0.25) is 0 Å². The third-order valence-electron chi connectivity index (χ3n) is 3.11. The van der Waals surface area contributed by atoms with Gasteiger partial charge in [0.15, 0.2) is 0 Å². The Morgan fingerprint density at radius 3 is 2.54 bits per heavy atom. The number of hydrogen-bond acceptors (Lipinski definition) is 2. The molecule has 0 spiro atoms. The number of carboxylic acid groups (broad SMARTS) is 1. The van der Waals surface area contributed by atoms with Crippen molar-refractivity contribution in [3.63, 3.8) is 0 Å². The number of piperidine rings is 1. The maximum atomic E-state index is 10.3. The molecular formula is C9H16N2O2. The molecule has 2 saturated heterocycles. The van der Waals surface area contributed by atoms with E-state index in [1.54, 1.807) is 0 Å². The predicted octanol–water partition coefficient (Wildman–Crippen LogP) is 0.785. The molecular weight excluding hydrogens is 168 g/mol. The van der Waals surface area contributed by atoms with Crippen LogP contribution >= 0.6 is 0 Å². The minimum absolute atomic E-state index is 0.551. The Morgan fingerprint density at radius 1 is 1.38 bits per heavy atom. The van der Waals surface area contributed by atoms with Crippen LogP contribution in [-0.4, -0.2) is 29.8 Å². The summed E-state index contributed by atoms with van der Waals surface area (Å²) >= 11 is 0. The summed E-state index contributed by atoms with van der Waals surface area (Å²) in [6, 6.07) is 1.30. The molecule has 0 aromatic carbocycles. The van der Waals surface area contributed by atoms with Crippen LogP contribution in [0.1, 0.15) is 25.7 Å². The van der Waals surface area contributed by atoms with Gasteiger partial charge in [-0.2, -0.15) is 0 Å². The molecule has 74 valence electrons. The summed E-state index contributed by atoms with van der Waals surface area (Å²) in [7, 11) is 0. The molecule has 3 N–H and O–H groups in total. The lowest BCUT2D eigenvalue weighted by molar-refractivity contribution is 0.188. The van der Waals surface area contributed by atoms with Gasteiger partial charge in [0.1, 0.15) is 0 Å². The van der Waals surface area contributed by atoms with E-state index in [2.05, 4.69) is 10.6 Å². The summed E-state index contributed by atoms with van der Waals surface area (Å²) in [5, 5.41) is 14.5. The van der Waals surface area contributed by atoms with Crippen molar-refractivity contribution in [1.82, 2.24) is 10.6 Å². The van der Waals surface area contributed by atoms with E-state index in [0.717, 1.165) is 12.8 Å². The van der Waals surface area contributed by atoms with E-state index >= 15 is 0 Å². The number of hydrogen-bond donors (Lipinski definition) is 3. The second-order valence-corrected chi connectivity index (χ2v) is 4.16. The van der Waals surface area contributed by atoms with Crippen molar-refractivity contribution in [2.24, 2.45) is 5.92 Å². The fourth-order valence-corrected chi connectivity index (χ4v) is 2.57. The van der Waals surface area contributed by atoms with E-state index in [0.29, 0.717) is 24.5 Å². The van der Waals surface area contributed by atoms with Gasteiger partial charge in [0, 0.05) is 18.6 Å². The summed E-state index contributed by atoms with van der Waals surface area (Å²) in [5.74, 6) is 0.551. The molecule has 2 aliphatic heterocycles. The summed E-state index contributed by atoms with van der Waals surface area (Å²) in [6.07, 6.45) is 3.92. The van der Waals surface area contributed by atoms with E-state index in [9.17, 15) is 4.79 Å².